The molecule has 0 atom stereocenters. The third kappa shape index (κ3) is 1.45. The third-order valence-electron chi connectivity index (χ3n) is 1.79. The molecule has 1 aromatic rings. The average molecular weight is 196 g/mol. The Morgan fingerprint density at radius 1 is 1.38 bits per heavy atom. The second-order valence-electron chi connectivity index (χ2n) is 2.70. The summed E-state index contributed by atoms with van der Waals surface area (Å²) in [5.74, 6) is 0.407. The molecule has 1 aromatic heterocycles. The Morgan fingerprint density at radius 3 is 2.85 bits per heavy atom. The number of sulfone groups is 1. The van der Waals surface area contributed by atoms with Crippen molar-refractivity contribution >= 4 is 14.7 Å². The van der Waals surface area contributed by atoms with Gasteiger partial charge in [0.2, 0.25) is 9.84 Å². The van der Waals surface area contributed by atoms with Crippen molar-refractivity contribution in [2.75, 3.05) is 0 Å². The molecule has 0 amide bonds. The first-order valence-corrected chi connectivity index (χ1v) is 5.40. The van der Waals surface area contributed by atoms with Crippen LogP contribution in [0.4, 0.5) is 0 Å². The Hall–Kier alpha value is -1.29. The molecular weight excluding hydrogens is 188 g/mol. The number of hydrogen-bond donors (Lipinski definition) is 0. The molecule has 0 N–H and O–H groups in total. The first-order chi connectivity index (χ1) is 6.20. The standard InChI is InChI=1S/C9H8O3S/c10-13(11)7-2-1-5-9(13)8-4-3-6-12-8/h2-7H,1H2. The Labute approximate surface area is 76.3 Å². The summed E-state index contributed by atoms with van der Waals surface area (Å²) >= 11 is 0. The smallest absolute Gasteiger partial charge is 0.202 e. The van der Waals surface area contributed by atoms with E-state index >= 15 is 0 Å². The van der Waals surface area contributed by atoms with Crippen molar-refractivity contribution in [3.8, 4) is 0 Å². The van der Waals surface area contributed by atoms with E-state index < -0.39 is 9.84 Å². The van der Waals surface area contributed by atoms with E-state index in [0.29, 0.717) is 12.2 Å². The van der Waals surface area contributed by atoms with Gasteiger partial charge in [-0.15, -0.1) is 0 Å². The van der Waals surface area contributed by atoms with Gasteiger partial charge < -0.3 is 4.42 Å². The van der Waals surface area contributed by atoms with Crippen LogP contribution in [0.25, 0.3) is 4.91 Å². The fourth-order valence-electron chi connectivity index (χ4n) is 1.21. The summed E-state index contributed by atoms with van der Waals surface area (Å²) in [5, 5.41) is 1.21. The molecule has 1 aliphatic heterocycles. The fraction of sp³-hybridized carbons (Fsp3) is 0.111. The van der Waals surface area contributed by atoms with Gasteiger partial charge in [-0.3, -0.25) is 0 Å². The van der Waals surface area contributed by atoms with E-state index in [-0.39, 0.29) is 4.91 Å². The van der Waals surface area contributed by atoms with E-state index in [4.69, 9.17) is 4.42 Å². The quantitative estimate of drug-likeness (QED) is 0.689. The Kier molecular flexibility index (Phi) is 1.84. The summed E-state index contributed by atoms with van der Waals surface area (Å²) in [7, 11) is -3.26. The van der Waals surface area contributed by atoms with E-state index in [1.54, 1.807) is 24.3 Å². The van der Waals surface area contributed by atoms with E-state index in [9.17, 15) is 8.42 Å². The average Bonchev–Trinajstić information content (AvgIpc) is 2.55. The van der Waals surface area contributed by atoms with E-state index in [2.05, 4.69) is 0 Å². The molecule has 2 rings (SSSR count). The molecule has 0 bridgehead atoms. The van der Waals surface area contributed by atoms with Crippen molar-refractivity contribution in [1.82, 2.24) is 0 Å². The highest BCUT2D eigenvalue weighted by Gasteiger charge is 2.20. The maximum Gasteiger partial charge on any atom is 0.202 e. The van der Waals surface area contributed by atoms with Crippen molar-refractivity contribution in [3.05, 3.63) is 41.7 Å². The minimum Gasteiger partial charge on any atom is -0.464 e. The lowest BCUT2D eigenvalue weighted by Gasteiger charge is -2.05. The molecule has 3 nitrogen and oxygen atoms in total. The molecule has 0 saturated heterocycles. The van der Waals surface area contributed by atoms with Crippen LogP contribution in [0.15, 0.2) is 40.4 Å². The van der Waals surface area contributed by atoms with E-state index in [0.717, 1.165) is 0 Å². The number of allylic oxidation sites excluding steroid dienone is 2. The maximum atomic E-state index is 11.5. The van der Waals surface area contributed by atoms with Crippen LogP contribution in [0.1, 0.15) is 12.2 Å². The second kappa shape index (κ2) is 2.88. The molecule has 0 saturated carbocycles. The Morgan fingerprint density at radius 2 is 2.23 bits per heavy atom. The predicted molar refractivity (Wildman–Crippen MR) is 49.4 cm³/mol. The topological polar surface area (TPSA) is 47.3 Å². The predicted octanol–water partition coefficient (Wildman–Crippen LogP) is 1.95. The zero-order chi connectivity index (χ0) is 9.31. The number of rotatable bonds is 1. The fourth-order valence-corrected chi connectivity index (χ4v) is 2.44. The van der Waals surface area contributed by atoms with Crippen LogP contribution in [0.3, 0.4) is 0 Å². The highest BCUT2D eigenvalue weighted by molar-refractivity contribution is 8.03. The molecule has 0 aromatic carbocycles. The molecule has 68 valence electrons. The lowest BCUT2D eigenvalue weighted by molar-refractivity contribution is 0.553. The van der Waals surface area contributed by atoms with Gasteiger partial charge >= 0.3 is 0 Å². The molecule has 4 heteroatoms. The minimum atomic E-state index is -3.26. The van der Waals surface area contributed by atoms with Crippen molar-refractivity contribution in [2.45, 2.75) is 6.42 Å². The minimum absolute atomic E-state index is 0.264. The normalized spacial score (nSPS) is 19.8. The third-order valence-corrected chi connectivity index (χ3v) is 3.32. The molecule has 0 radical (unpaired) electrons. The molecule has 0 unspecified atom stereocenters. The van der Waals surface area contributed by atoms with Crippen molar-refractivity contribution in [3.63, 3.8) is 0 Å². The van der Waals surface area contributed by atoms with Gasteiger partial charge in [0.15, 0.2) is 0 Å². The van der Waals surface area contributed by atoms with Crippen LogP contribution in [0.5, 0.6) is 0 Å². The van der Waals surface area contributed by atoms with Gasteiger partial charge in [0.1, 0.15) is 10.7 Å². The molecule has 1 aliphatic rings. The van der Waals surface area contributed by atoms with Crippen LogP contribution in [-0.2, 0) is 9.84 Å². The van der Waals surface area contributed by atoms with Crippen LogP contribution in [0, 0.1) is 0 Å². The van der Waals surface area contributed by atoms with Crippen LogP contribution in [-0.4, -0.2) is 8.42 Å². The second-order valence-corrected chi connectivity index (χ2v) is 4.50. The zero-order valence-electron chi connectivity index (χ0n) is 6.80. The molecular formula is C9H8O3S. The molecule has 0 aliphatic carbocycles. The van der Waals surface area contributed by atoms with Crippen LogP contribution >= 0.6 is 0 Å². The van der Waals surface area contributed by atoms with Gasteiger partial charge in [0.25, 0.3) is 0 Å². The number of hydrogen-bond acceptors (Lipinski definition) is 3. The monoisotopic (exact) mass is 196 g/mol. The van der Waals surface area contributed by atoms with Crippen molar-refractivity contribution in [2.24, 2.45) is 0 Å². The summed E-state index contributed by atoms with van der Waals surface area (Å²) < 4.78 is 28.0. The van der Waals surface area contributed by atoms with Gasteiger partial charge in [0, 0.05) is 5.41 Å². The van der Waals surface area contributed by atoms with Crippen LogP contribution < -0.4 is 0 Å². The van der Waals surface area contributed by atoms with Crippen LogP contribution in [0.2, 0.25) is 0 Å². The van der Waals surface area contributed by atoms with Gasteiger partial charge in [-0.05, 0) is 18.6 Å². The highest BCUT2D eigenvalue weighted by atomic mass is 32.2. The van der Waals surface area contributed by atoms with E-state index in [1.807, 2.05) is 0 Å². The summed E-state index contributed by atoms with van der Waals surface area (Å²) in [5.41, 5.74) is 0. The molecule has 13 heavy (non-hydrogen) atoms. The Balaban J connectivity index is 2.52. The SMILES string of the molecule is O=S1(=O)C=CCC=C1c1ccco1. The van der Waals surface area contributed by atoms with Gasteiger partial charge in [-0.1, -0.05) is 12.2 Å². The lowest BCUT2D eigenvalue weighted by Crippen LogP contribution is -2.01. The molecule has 0 fully saturated rings. The van der Waals surface area contributed by atoms with Gasteiger partial charge in [-0.25, -0.2) is 8.42 Å². The zero-order valence-corrected chi connectivity index (χ0v) is 7.62. The maximum absolute atomic E-state index is 11.5. The lowest BCUT2D eigenvalue weighted by atomic mass is 10.3. The van der Waals surface area contributed by atoms with Gasteiger partial charge in [-0.2, -0.15) is 0 Å². The number of furan rings is 1. The molecule has 0 spiro atoms. The highest BCUT2D eigenvalue weighted by Crippen LogP contribution is 2.26. The summed E-state index contributed by atoms with van der Waals surface area (Å²) in [6.45, 7) is 0. The van der Waals surface area contributed by atoms with Crippen molar-refractivity contribution < 1.29 is 12.8 Å². The molecule has 2 heterocycles. The first kappa shape index (κ1) is 8.31. The largest absolute Gasteiger partial charge is 0.464 e. The van der Waals surface area contributed by atoms with Gasteiger partial charge in [0.05, 0.1) is 6.26 Å². The van der Waals surface area contributed by atoms with Crippen molar-refractivity contribution in [1.29, 1.82) is 0 Å². The Bertz CT molecular complexity index is 449. The summed E-state index contributed by atoms with van der Waals surface area (Å²) in [4.78, 5) is 0.264. The summed E-state index contributed by atoms with van der Waals surface area (Å²) in [6.07, 6.45) is 5.36. The summed E-state index contributed by atoms with van der Waals surface area (Å²) in [6, 6.07) is 3.31. The first-order valence-electron chi connectivity index (χ1n) is 3.86. The van der Waals surface area contributed by atoms with E-state index in [1.165, 1.54) is 11.7 Å².